The highest BCUT2D eigenvalue weighted by Crippen LogP contribution is 2.26. The second-order valence-corrected chi connectivity index (χ2v) is 8.82. The van der Waals surface area contributed by atoms with E-state index >= 15 is 0 Å². The number of hydrogen-bond donors (Lipinski definition) is 1. The van der Waals surface area contributed by atoms with E-state index in [4.69, 9.17) is 4.74 Å². The Morgan fingerprint density at radius 3 is 2.37 bits per heavy atom. The second-order valence-electron chi connectivity index (χ2n) is 7.97. The Kier molecular flexibility index (Phi) is 6.32. The smallest absolute Gasteiger partial charge is 0.339 e. The number of carbonyl (C=O) groups excluding carboxylic acids is 2. The summed E-state index contributed by atoms with van der Waals surface area (Å²) in [5, 5.41) is 5.69. The standard InChI is InChI=1S/C28H21N3O3S/c1-18-11-13-20(14-12-18)25-17-35-28(30-25)31-26(32)16-34-27(33)22-15-24(19-7-3-2-4-8-19)29-23-10-6-5-9-21(22)23/h2-15,17H,16H2,1H3,(H,30,31,32). The Morgan fingerprint density at radius 1 is 0.857 bits per heavy atom. The van der Waals surface area contributed by atoms with Gasteiger partial charge in [0.2, 0.25) is 0 Å². The number of amides is 1. The maximum atomic E-state index is 13.0. The number of aromatic nitrogens is 2. The first kappa shape index (κ1) is 22.4. The first-order chi connectivity index (χ1) is 17.1. The third kappa shape index (κ3) is 5.10. The van der Waals surface area contributed by atoms with E-state index in [-0.39, 0.29) is 0 Å². The minimum Gasteiger partial charge on any atom is -0.452 e. The van der Waals surface area contributed by atoms with Gasteiger partial charge in [-0.25, -0.2) is 14.8 Å². The van der Waals surface area contributed by atoms with Gasteiger partial charge in [-0.15, -0.1) is 11.3 Å². The molecule has 0 bridgehead atoms. The van der Waals surface area contributed by atoms with Gasteiger partial charge in [0.25, 0.3) is 5.91 Å². The van der Waals surface area contributed by atoms with Gasteiger partial charge in [-0.3, -0.25) is 10.1 Å². The highest BCUT2D eigenvalue weighted by molar-refractivity contribution is 7.14. The van der Waals surface area contributed by atoms with Gasteiger partial charge in [-0.05, 0) is 19.1 Å². The fraction of sp³-hybridized carbons (Fsp3) is 0.0714. The van der Waals surface area contributed by atoms with Gasteiger partial charge in [-0.1, -0.05) is 78.4 Å². The van der Waals surface area contributed by atoms with Crippen molar-refractivity contribution in [3.8, 4) is 22.5 Å². The topological polar surface area (TPSA) is 81.2 Å². The molecule has 7 heteroatoms. The number of para-hydroxylation sites is 1. The Labute approximate surface area is 206 Å². The van der Waals surface area contributed by atoms with Crippen molar-refractivity contribution in [2.24, 2.45) is 0 Å². The molecule has 2 heterocycles. The zero-order valence-electron chi connectivity index (χ0n) is 18.9. The van der Waals surface area contributed by atoms with Gasteiger partial charge in [0.1, 0.15) is 0 Å². The van der Waals surface area contributed by atoms with Gasteiger partial charge in [-0.2, -0.15) is 0 Å². The summed E-state index contributed by atoms with van der Waals surface area (Å²) in [7, 11) is 0. The molecule has 0 aliphatic carbocycles. The van der Waals surface area contributed by atoms with E-state index in [1.54, 1.807) is 6.07 Å². The number of fused-ring (bicyclic) bond motifs is 1. The van der Waals surface area contributed by atoms with Crippen molar-refractivity contribution in [1.29, 1.82) is 0 Å². The molecular weight excluding hydrogens is 458 g/mol. The summed E-state index contributed by atoms with van der Waals surface area (Å²) in [5.41, 5.74) is 5.49. The number of thiazole rings is 1. The third-order valence-corrected chi connectivity index (χ3v) is 6.20. The molecule has 2 aromatic heterocycles. The number of esters is 1. The molecule has 3 aromatic carbocycles. The summed E-state index contributed by atoms with van der Waals surface area (Å²) in [6, 6.07) is 26.7. The van der Waals surface area contributed by atoms with Crippen molar-refractivity contribution in [3.63, 3.8) is 0 Å². The molecule has 0 radical (unpaired) electrons. The molecular formula is C28H21N3O3S. The van der Waals surface area contributed by atoms with E-state index in [1.807, 2.05) is 91.2 Å². The Morgan fingerprint density at radius 2 is 1.57 bits per heavy atom. The minimum absolute atomic E-state index is 0.359. The van der Waals surface area contributed by atoms with Crippen LogP contribution < -0.4 is 5.32 Å². The summed E-state index contributed by atoms with van der Waals surface area (Å²) >= 11 is 1.32. The lowest BCUT2D eigenvalue weighted by molar-refractivity contribution is -0.119. The van der Waals surface area contributed by atoms with Crippen LogP contribution in [0.3, 0.4) is 0 Å². The number of carbonyl (C=O) groups is 2. The predicted molar refractivity (Wildman–Crippen MR) is 138 cm³/mol. The SMILES string of the molecule is Cc1ccc(-c2csc(NC(=O)COC(=O)c3cc(-c4ccccc4)nc4ccccc34)n2)cc1. The number of pyridine rings is 1. The first-order valence-corrected chi connectivity index (χ1v) is 11.9. The number of nitrogens with zero attached hydrogens (tertiary/aromatic N) is 2. The fourth-order valence-corrected chi connectivity index (χ4v) is 4.39. The number of benzene rings is 3. The summed E-state index contributed by atoms with van der Waals surface area (Å²) in [5.74, 6) is -1.04. The zero-order chi connectivity index (χ0) is 24.2. The number of anilines is 1. The van der Waals surface area contributed by atoms with Crippen LogP contribution in [0.4, 0.5) is 5.13 Å². The molecule has 1 N–H and O–H groups in total. The van der Waals surface area contributed by atoms with Gasteiger partial charge in [0, 0.05) is 21.9 Å². The van der Waals surface area contributed by atoms with E-state index < -0.39 is 18.5 Å². The van der Waals surface area contributed by atoms with Crippen molar-refractivity contribution < 1.29 is 14.3 Å². The van der Waals surface area contributed by atoms with Crippen molar-refractivity contribution >= 4 is 39.2 Å². The zero-order valence-corrected chi connectivity index (χ0v) is 19.7. The number of rotatable bonds is 6. The largest absolute Gasteiger partial charge is 0.452 e. The molecule has 0 atom stereocenters. The third-order valence-electron chi connectivity index (χ3n) is 5.44. The number of ether oxygens (including phenoxy) is 1. The molecule has 6 nitrogen and oxygen atoms in total. The minimum atomic E-state index is -0.588. The molecule has 172 valence electrons. The highest BCUT2D eigenvalue weighted by Gasteiger charge is 2.17. The normalized spacial score (nSPS) is 10.8. The van der Waals surface area contributed by atoms with E-state index in [1.165, 1.54) is 11.3 Å². The van der Waals surface area contributed by atoms with Crippen LogP contribution in [0.2, 0.25) is 0 Å². The van der Waals surface area contributed by atoms with Crippen LogP contribution in [0.25, 0.3) is 33.4 Å². The molecule has 1 amide bonds. The van der Waals surface area contributed by atoms with Crippen LogP contribution in [0.1, 0.15) is 15.9 Å². The predicted octanol–water partition coefficient (Wildman–Crippen LogP) is 6.13. The van der Waals surface area contributed by atoms with Crippen LogP contribution in [-0.4, -0.2) is 28.5 Å². The number of aryl methyl sites for hydroxylation is 1. The molecule has 0 unspecified atom stereocenters. The molecule has 0 saturated carbocycles. The Balaban J connectivity index is 1.29. The van der Waals surface area contributed by atoms with Crippen LogP contribution in [-0.2, 0) is 9.53 Å². The van der Waals surface area contributed by atoms with Crippen LogP contribution in [0, 0.1) is 6.92 Å². The quantitative estimate of drug-likeness (QED) is 0.296. The Bertz CT molecular complexity index is 1510. The molecule has 0 fully saturated rings. The van der Waals surface area contributed by atoms with Crippen molar-refractivity contribution in [2.75, 3.05) is 11.9 Å². The van der Waals surface area contributed by atoms with Crippen LogP contribution in [0.5, 0.6) is 0 Å². The van der Waals surface area contributed by atoms with Gasteiger partial charge in [0.15, 0.2) is 11.7 Å². The van der Waals surface area contributed by atoms with E-state index in [9.17, 15) is 9.59 Å². The lowest BCUT2D eigenvalue weighted by atomic mass is 10.0. The molecule has 0 spiro atoms. The number of nitrogens with one attached hydrogen (secondary N) is 1. The van der Waals surface area contributed by atoms with Crippen molar-refractivity contribution in [3.05, 3.63) is 101 Å². The average molecular weight is 480 g/mol. The molecule has 5 aromatic rings. The second kappa shape index (κ2) is 9.87. The average Bonchev–Trinajstić information content (AvgIpc) is 3.36. The van der Waals surface area contributed by atoms with Crippen molar-refractivity contribution in [1.82, 2.24) is 9.97 Å². The molecule has 5 rings (SSSR count). The van der Waals surface area contributed by atoms with Crippen molar-refractivity contribution in [2.45, 2.75) is 6.92 Å². The van der Waals surface area contributed by atoms with Gasteiger partial charge >= 0.3 is 5.97 Å². The lowest BCUT2D eigenvalue weighted by Gasteiger charge is -2.10. The monoisotopic (exact) mass is 479 g/mol. The van der Waals surface area contributed by atoms with E-state index in [2.05, 4.69) is 15.3 Å². The Hall–Kier alpha value is -4.36. The van der Waals surface area contributed by atoms with Gasteiger partial charge in [0.05, 0.1) is 22.5 Å². The van der Waals surface area contributed by atoms with E-state index in [0.717, 1.165) is 22.4 Å². The fourth-order valence-electron chi connectivity index (χ4n) is 3.65. The van der Waals surface area contributed by atoms with Gasteiger partial charge < -0.3 is 4.74 Å². The lowest BCUT2D eigenvalue weighted by Crippen LogP contribution is -2.21. The summed E-state index contributed by atoms with van der Waals surface area (Å²) in [4.78, 5) is 34.6. The molecule has 35 heavy (non-hydrogen) atoms. The molecule has 0 aliphatic heterocycles. The van der Waals surface area contributed by atoms with Crippen LogP contribution in [0.15, 0.2) is 90.3 Å². The number of hydrogen-bond acceptors (Lipinski definition) is 6. The molecule has 0 aliphatic rings. The summed E-state index contributed by atoms with van der Waals surface area (Å²) < 4.78 is 5.36. The first-order valence-electron chi connectivity index (χ1n) is 11.0. The van der Waals surface area contributed by atoms with E-state index in [0.29, 0.717) is 27.3 Å². The summed E-state index contributed by atoms with van der Waals surface area (Å²) in [6.07, 6.45) is 0. The van der Waals surface area contributed by atoms with Crippen LogP contribution >= 0.6 is 11.3 Å². The summed E-state index contributed by atoms with van der Waals surface area (Å²) in [6.45, 7) is 1.60. The maximum absolute atomic E-state index is 13.0. The molecule has 0 saturated heterocycles. The highest BCUT2D eigenvalue weighted by atomic mass is 32.1. The maximum Gasteiger partial charge on any atom is 0.339 e.